The molecule has 0 saturated heterocycles. The molecule has 2 N–H and O–H groups in total. The monoisotopic (exact) mass is 163 g/mol. The molecule has 2 aliphatic rings. The third-order valence-electron chi connectivity index (χ3n) is 2.85. The maximum atomic E-state index is 5.80. The highest BCUT2D eigenvalue weighted by Crippen LogP contribution is 2.44. The maximum absolute atomic E-state index is 5.80. The minimum atomic E-state index is 0.386. The Kier molecular flexibility index (Phi) is 1.17. The van der Waals surface area contributed by atoms with Crippen LogP contribution in [0, 0.1) is 0 Å². The first-order chi connectivity index (χ1) is 5.86. The van der Waals surface area contributed by atoms with E-state index in [-0.39, 0.29) is 0 Å². The van der Waals surface area contributed by atoms with Gasteiger partial charge in [0.05, 0.1) is 12.4 Å². The molecule has 0 bridgehead atoms. The van der Waals surface area contributed by atoms with Crippen LogP contribution in [0.25, 0.3) is 0 Å². The summed E-state index contributed by atoms with van der Waals surface area (Å²) in [6, 6.07) is 0.944. The zero-order valence-corrected chi connectivity index (χ0v) is 6.98. The standard InChI is InChI=1S/C9H13N3/c10-7-3-8(7)12-5-11-4-9(12)6-1-2-6/h4-8H,1-3,10H2. The zero-order chi connectivity index (χ0) is 8.13. The molecule has 0 amide bonds. The molecular formula is C9H13N3. The van der Waals surface area contributed by atoms with Crippen LogP contribution in [0.3, 0.4) is 0 Å². The van der Waals surface area contributed by atoms with E-state index in [4.69, 9.17) is 5.73 Å². The van der Waals surface area contributed by atoms with Crippen LogP contribution in [0.5, 0.6) is 0 Å². The maximum Gasteiger partial charge on any atom is 0.0951 e. The van der Waals surface area contributed by atoms with Crippen LogP contribution in [-0.2, 0) is 0 Å². The predicted octanol–water partition coefficient (Wildman–Crippen LogP) is 1.03. The zero-order valence-electron chi connectivity index (χ0n) is 6.98. The molecule has 1 aromatic heterocycles. The number of hydrogen-bond acceptors (Lipinski definition) is 2. The Labute approximate surface area is 71.6 Å². The molecule has 1 aromatic rings. The summed E-state index contributed by atoms with van der Waals surface area (Å²) in [5.74, 6) is 0.792. The van der Waals surface area contributed by atoms with Crippen LogP contribution in [0.1, 0.15) is 36.9 Å². The molecule has 2 unspecified atom stereocenters. The molecule has 2 saturated carbocycles. The van der Waals surface area contributed by atoms with Crippen molar-refractivity contribution in [2.24, 2.45) is 5.73 Å². The molecule has 3 rings (SSSR count). The molecule has 12 heavy (non-hydrogen) atoms. The smallest absolute Gasteiger partial charge is 0.0951 e. The fourth-order valence-electron chi connectivity index (χ4n) is 1.81. The SMILES string of the molecule is NC1CC1n1cncc1C1CC1. The normalized spacial score (nSPS) is 33.8. The molecule has 0 aromatic carbocycles. The first-order valence-corrected chi connectivity index (χ1v) is 4.63. The lowest BCUT2D eigenvalue weighted by Crippen LogP contribution is -2.07. The first-order valence-electron chi connectivity index (χ1n) is 4.63. The van der Waals surface area contributed by atoms with Gasteiger partial charge in [0.25, 0.3) is 0 Å². The summed E-state index contributed by atoms with van der Waals surface area (Å²) in [6.45, 7) is 0. The van der Waals surface area contributed by atoms with Crippen molar-refractivity contribution in [3.63, 3.8) is 0 Å². The molecule has 0 radical (unpaired) electrons. The van der Waals surface area contributed by atoms with Crippen molar-refractivity contribution < 1.29 is 0 Å². The molecule has 64 valence electrons. The lowest BCUT2D eigenvalue weighted by atomic mass is 10.3. The van der Waals surface area contributed by atoms with Crippen molar-refractivity contribution in [1.29, 1.82) is 0 Å². The van der Waals surface area contributed by atoms with Crippen LogP contribution in [0.4, 0.5) is 0 Å². The van der Waals surface area contributed by atoms with Gasteiger partial charge < -0.3 is 10.3 Å². The van der Waals surface area contributed by atoms with Crippen molar-refractivity contribution in [1.82, 2.24) is 9.55 Å². The van der Waals surface area contributed by atoms with E-state index in [0.29, 0.717) is 12.1 Å². The van der Waals surface area contributed by atoms with Crippen molar-refractivity contribution in [3.05, 3.63) is 18.2 Å². The number of aromatic nitrogens is 2. The van der Waals surface area contributed by atoms with Crippen LogP contribution in [0.2, 0.25) is 0 Å². The van der Waals surface area contributed by atoms with Crippen LogP contribution >= 0.6 is 0 Å². The van der Waals surface area contributed by atoms with Gasteiger partial charge in [0.15, 0.2) is 0 Å². The Balaban J connectivity index is 1.92. The predicted molar refractivity (Wildman–Crippen MR) is 45.8 cm³/mol. The van der Waals surface area contributed by atoms with Gasteiger partial charge >= 0.3 is 0 Å². The van der Waals surface area contributed by atoms with E-state index in [2.05, 4.69) is 9.55 Å². The number of imidazole rings is 1. The van der Waals surface area contributed by atoms with E-state index in [1.807, 2.05) is 12.5 Å². The fourth-order valence-corrected chi connectivity index (χ4v) is 1.81. The molecule has 2 fully saturated rings. The molecule has 1 heterocycles. The van der Waals surface area contributed by atoms with Gasteiger partial charge in [-0.15, -0.1) is 0 Å². The molecule has 3 heteroatoms. The second-order valence-electron chi connectivity index (χ2n) is 3.97. The Morgan fingerprint density at radius 3 is 2.83 bits per heavy atom. The molecule has 0 aliphatic heterocycles. The number of hydrogen-bond donors (Lipinski definition) is 1. The Hall–Kier alpha value is -0.830. The minimum Gasteiger partial charge on any atom is -0.330 e. The average molecular weight is 163 g/mol. The Bertz CT molecular complexity index is 300. The minimum absolute atomic E-state index is 0.386. The lowest BCUT2D eigenvalue weighted by molar-refractivity contribution is 0.673. The molecule has 3 nitrogen and oxygen atoms in total. The van der Waals surface area contributed by atoms with Crippen molar-refractivity contribution in [2.75, 3.05) is 0 Å². The number of nitrogens with two attached hydrogens (primary N) is 1. The third-order valence-corrected chi connectivity index (χ3v) is 2.85. The van der Waals surface area contributed by atoms with Crippen LogP contribution in [-0.4, -0.2) is 15.6 Å². The number of nitrogens with zero attached hydrogens (tertiary/aromatic N) is 2. The fraction of sp³-hybridized carbons (Fsp3) is 0.667. The van der Waals surface area contributed by atoms with Crippen molar-refractivity contribution >= 4 is 0 Å². The quantitative estimate of drug-likeness (QED) is 0.707. The summed E-state index contributed by atoms with van der Waals surface area (Å²) in [4.78, 5) is 4.19. The molecule has 0 spiro atoms. The van der Waals surface area contributed by atoms with Gasteiger partial charge in [-0.3, -0.25) is 0 Å². The largest absolute Gasteiger partial charge is 0.330 e. The summed E-state index contributed by atoms with van der Waals surface area (Å²) in [7, 11) is 0. The topological polar surface area (TPSA) is 43.8 Å². The lowest BCUT2D eigenvalue weighted by Gasteiger charge is -2.04. The van der Waals surface area contributed by atoms with Crippen molar-refractivity contribution in [2.45, 2.75) is 37.3 Å². The Morgan fingerprint density at radius 2 is 2.25 bits per heavy atom. The van der Waals surface area contributed by atoms with Crippen LogP contribution in [0.15, 0.2) is 12.5 Å². The van der Waals surface area contributed by atoms with E-state index >= 15 is 0 Å². The summed E-state index contributed by atoms with van der Waals surface area (Å²) in [5.41, 5.74) is 7.21. The van der Waals surface area contributed by atoms with E-state index in [1.54, 1.807) is 0 Å². The average Bonchev–Trinajstić information content (AvgIpc) is 2.96. The van der Waals surface area contributed by atoms with Gasteiger partial charge in [-0.1, -0.05) is 0 Å². The van der Waals surface area contributed by atoms with E-state index in [9.17, 15) is 0 Å². The first kappa shape index (κ1) is 6.66. The van der Waals surface area contributed by atoms with E-state index in [1.165, 1.54) is 18.5 Å². The molecular weight excluding hydrogens is 150 g/mol. The summed E-state index contributed by atoms with van der Waals surface area (Å²) < 4.78 is 2.28. The van der Waals surface area contributed by atoms with Gasteiger partial charge in [0.2, 0.25) is 0 Å². The third kappa shape index (κ3) is 0.894. The summed E-state index contributed by atoms with van der Waals surface area (Å²) in [5, 5.41) is 0. The summed E-state index contributed by atoms with van der Waals surface area (Å²) in [6.07, 6.45) is 7.76. The number of rotatable bonds is 2. The highest BCUT2D eigenvalue weighted by atomic mass is 15.1. The van der Waals surface area contributed by atoms with Gasteiger partial charge in [0, 0.05) is 23.9 Å². The van der Waals surface area contributed by atoms with Gasteiger partial charge in [0.1, 0.15) is 0 Å². The second-order valence-corrected chi connectivity index (χ2v) is 3.97. The van der Waals surface area contributed by atoms with Crippen LogP contribution < -0.4 is 5.73 Å². The second kappa shape index (κ2) is 2.10. The highest BCUT2D eigenvalue weighted by Gasteiger charge is 2.38. The Morgan fingerprint density at radius 1 is 1.50 bits per heavy atom. The van der Waals surface area contributed by atoms with Crippen molar-refractivity contribution in [3.8, 4) is 0 Å². The highest BCUT2D eigenvalue weighted by molar-refractivity contribution is 5.16. The van der Waals surface area contributed by atoms with Gasteiger partial charge in [-0.2, -0.15) is 0 Å². The van der Waals surface area contributed by atoms with E-state index < -0.39 is 0 Å². The molecule has 2 atom stereocenters. The van der Waals surface area contributed by atoms with Gasteiger partial charge in [-0.05, 0) is 19.3 Å². The molecule has 2 aliphatic carbocycles. The van der Waals surface area contributed by atoms with E-state index in [0.717, 1.165) is 12.3 Å². The van der Waals surface area contributed by atoms with Gasteiger partial charge in [-0.25, -0.2) is 4.98 Å². The summed E-state index contributed by atoms with van der Waals surface area (Å²) >= 11 is 0.